The van der Waals surface area contributed by atoms with E-state index >= 15 is 0 Å². The summed E-state index contributed by atoms with van der Waals surface area (Å²) >= 11 is 0. The molecule has 0 bridgehead atoms. The smallest absolute Gasteiger partial charge is 0.196 e. The predicted octanol–water partition coefficient (Wildman–Crippen LogP) is 2.70. The zero-order valence-corrected chi connectivity index (χ0v) is 11.0. The molecule has 0 atom stereocenters. The SMILES string of the molecule is C=C(OCC)c1nc(N(C)C)c2ccccc2n1. The predicted molar refractivity (Wildman–Crippen MR) is 74.5 cm³/mol. The summed E-state index contributed by atoms with van der Waals surface area (Å²) in [6.07, 6.45) is 0. The fourth-order valence-electron chi connectivity index (χ4n) is 1.76. The van der Waals surface area contributed by atoms with E-state index in [4.69, 9.17) is 4.74 Å². The van der Waals surface area contributed by atoms with Gasteiger partial charge in [0.05, 0.1) is 12.1 Å². The average Bonchev–Trinajstić information content (AvgIpc) is 2.37. The molecule has 0 aliphatic heterocycles. The highest BCUT2D eigenvalue weighted by atomic mass is 16.5. The Kier molecular flexibility index (Phi) is 3.46. The molecule has 0 unspecified atom stereocenters. The van der Waals surface area contributed by atoms with Crippen molar-refractivity contribution in [3.05, 3.63) is 36.7 Å². The van der Waals surface area contributed by atoms with Crippen molar-refractivity contribution in [2.75, 3.05) is 25.6 Å². The Labute approximate surface area is 107 Å². The van der Waals surface area contributed by atoms with Crippen molar-refractivity contribution >= 4 is 22.5 Å². The summed E-state index contributed by atoms with van der Waals surface area (Å²) in [5.74, 6) is 1.92. The number of nitrogens with zero attached hydrogens (tertiary/aromatic N) is 3. The molecule has 1 heterocycles. The summed E-state index contributed by atoms with van der Waals surface area (Å²) in [6.45, 7) is 6.33. The van der Waals surface area contributed by atoms with Crippen LogP contribution in [0.4, 0.5) is 5.82 Å². The molecule has 0 fully saturated rings. The lowest BCUT2D eigenvalue weighted by Gasteiger charge is -2.16. The first-order valence-corrected chi connectivity index (χ1v) is 5.89. The molecule has 1 aromatic carbocycles. The monoisotopic (exact) mass is 243 g/mol. The Morgan fingerprint density at radius 3 is 2.67 bits per heavy atom. The van der Waals surface area contributed by atoms with E-state index in [9.17, 15) is 0 Å². The van der Waals surface area contributed by atoms with Crippen molar-refractivity contribution in [3.8, 4) is 0 Å². The molecule has 18 heavy (non-hydrogen) atoms. The zero-order valence-electron chi connectivity index (χ0n) is 11.0. The summed E-state index contributed by atoms with van der Waals surface area (Å²) in [6, 6.07) is 7.92. The molecule has 2 rings (SSSR count). The number of benzene rings is 1. The van der Waals surface area contributed by atoms with Crippen molar-refractivity contribution in [3.63, 3.8) is 0 Å². The van der Waals surface area contributed by atoms with Crippen LogP contribution in [-0.4, -0.2) is 30.7 Å². The van der Waals surface area contributed by atoms with Gasteiger partial charge in [-0.05, 0) is 19.1 Å². The van der Waals surface area contributed by atoms with Crippen LogP contribution < -0.4 is 4.90 Å². The average molecular weight is 243 g/mol. The van der Waals surface area contributed by atoms with Crippen LogP contribution in [0.15, 0.2) is 30.8 Å². The van der Waals surface area contributed by atoms with Gasteiger partial charge in [0.2, 0.25) is 0 Å². The van der Waals surface area contributed by atoms with Gasteiger partial charge in [0.15, 0.2) is 11.6 Å². The van der Waals surface area contributed by atoms with Gasteiger partial charge in [-0.25, -0.2) is 9.97 Å². The minimum atomic E-state index is 0.506. The highest BCUT2D eigenvalue weighted by Crippen LogP contribution is 2.24. The quantitative estimate of drug-likeness (QED) is 0.774. The maximum absolute atomic E-state index is 5.37. The molecule has 4 heteroatoms. The van der Waals surface area contributed by atoms with Gasteiger partial charge in [-0.3, -0.25) is 0 Å². The second-order valence-electron chi connectivity index (χ2n) is 4.14. The molecule has 0 spiro atoms. The molecule has 0 amide bonds. The summed E-state index contributed by atoms with van der Waals surface area (Å²) in [5, 5.41) is 1.02. The van der Waals surface area contributed by atoms with E-state index in [1.165, 1.54) is 0 Å². The second-order valence-corrected chi connectivity index (χ2v) is 4.14. The normalized spacial score (nSPS) is 10.4. The number of rotatable bonds is 4. The minimum absolute atomic E-state index is 0.506. The minimum Gasteiger partial charge on any atom is -0.491 e. The summed E-state index contributed by atoms with van der Waals surface area (Å²) in [4.78, 5) is 10.9. The fraction of sp³-hybridized carbons (Fsp3) is 0.286. The molecule has 0 N–H and O–H groups in total. The van der Waals surface area contributed by atoms with Gasteiger partial charge in [-0.2, -0.15) is 0 Å². The molecule has 0 radical (unpaired) electrons. The van der Waals surface area contributed by atoms with Crippen LogP contribution in [0.1, 0.15) is 12.7 Å². The first-order valence-electron chi connectivity index (χ1n) is 5.89. The van der Waals surface area contributed by atoms with Crippen molar-refractivity contribution in [2.45, 2.75) is 6.92 Å². The van der Waals surface area contributed by atoms with Gasteiger partial charge in [-0.1, -0.05) is 18.7 Å². The molecule has 0 aliphatic rings. The molecule has 0 saturated carbocycles. The summed E-state index contributed by atoms with van der Waals surface area (Å²) < 4.78 is 5.37. The molecule has 94 valence electrons. The highest BCUT2D eigenvalue weighted by molar-refractivity contribution is 5.90. The largest absolute Gasteiger partial charge is 0.491 e. The lowest BCUT2D eigenvalue weighted by atomic mass is 10.2. The maximum Gasteiger partial charge on any atom is 0.196 e. The van der Waals surface area contributed by atoms with Crippen LogP contribution in [0.2, 0.25) is 0 Å². The number of ether oxygens (including phenoxy) is 1. The molecular formula is C14H17N3O. The second kappa shape index (κ2) is 5.04. The van der Waals surface area contributed by atoms with Crippen LogP contribution in [0.3, 0.4) is 0 Å². The topological polar surface area (TPSA) is 38.2 Å². The Morgan fingerprint density at radius 1 is 1.28 bits per heavy atom. The van der Waals surface area contributed by atoms with Gasteiger partial charge in [-0.15, -0.1) is 0 Å². The standard InChI is InChI=1S/C14H17N3O/c1-5-18-10(2)13-15-12-9-7-6-8-11(12)14(16-13)17(3)4/h6-9H,2,5H2,1,3-4H3. The number of anilines is 1. The third-order valence-corrected chi connectivity index (χ3v) is 2.57. The Balaban J connectivity index is 2.61. The van der Waals surface area contributed by atoms with E-state index in [0.29, 0.717) is 18.2 Å². The van der Waals surface area contributed by atoms with Gasteiger partial charge >= 0.3 is 0 Å². The van der Waals surface area contributed by atoms with Gasteiger partial charge < -0.3 is 9.64 Å². The number of hydrogen-bond donors (Lipinski definition) is 0. The van der Waals surface area contributed by atoms with Gasteiger partial charge in [0, 0.05) is 19.5 Å². The number of aromatic nitrogens is 2. The molecule has 2 aromatic rings. The molecule has 0 aliphatic carbocycles. The Morgan fingerprint density at radius 2 is 2.00 bits per heavy atom. The van der Waals surface area contributed by atoms with E-state index < -0.39 is 0 Å². The summed E-state index contributed by atoms with van der Waals surface area (Å²) in [5.41, 5.74) is 0.895. The molecular weight excluding hydrogens is 226 g/mol. The van der Waals surface area contributed by atoms with E-state index in [2.05, 4.69) is 16.5 Å². The Hall–Kier alpha value is -2.10. The van der Waals surface area contributed by atoms with Crippen LogP contribution in [0, 0.1) is 0 Å². The van der Waals surface area contributed by atoms with Gasteiger partial charge in [0.25, 0.3) is 0 Å². The number of fused-ring (bicyclic) bond motifs is 1. The maximum atomic E-state index is 5.37. The number of para-hydroxylation sites is 1. The van der Waals surface area contributed by atoms with Crippen molar-refractivity contribution < 1.29 is 4.74 Å². The van der Waals surface area contributed by atoms with Gasteiger partial charge in [0.1, 0.15) is 5.82 Å². The third-order valence-electron chi connectivity index (χ3n) is 2.57. The lowest BCUT2D eigenvalue weighted by Crippen LogP contribution is -2.13. The van der Waals surface area contributed by atoms with Crippen molar-refractivity contribution in [1.29, 1.82) is 0 Å². The van der Waals surface area contributed by atoms with Crippen molar-refractivity contribution in [2.24, 2.45) is 0 Å². The van der Waals surface area contributed by atoms with E-state index in [1.807, 2.05) is 50.2 Å². The third kappa shape index (κ3) is 2.27. The zero-order chi connectivity index (χ0) is 13.1. The van der Waals surface area contributed by atoms with E-state index in [1.54, 1.807) is 0 Å². The fourth-order valence-corrected chi connectivity index (χ4v) is 1.76. The van der Waals surface area contributed by atoms with Crippen LogP contribution in [0.25, 0.3) is 16.7 Å². The highest BCUT2D eigenvalue weighted by Gasteiger charge is 2.11. The van der Waals surface area contributed by atoms with Crippen molar-refractivity contribution in [1.82, 2.24) is 9.97 Å². The molecule has 0 saturated heterocycles. The lowest BCUT2D eigenvalue weighted by molar-refractivity contribution is 0.296. The first kappa shape index (κ1) is 12.4. The van der Waals surface area contributed by atoms with Crippen LogP contribution >= 0.6 is 0 Å². The van der Waals surface area contributed by atoms with Crippen LogP contribution in [0.5, 0.6) is 0 Å². The Bertz CT molecular complexity index is 578. The van der Waals surface area contributed by atoms with E-state index in [-0.39, 0.29) is 0 Å². The molecule has 1 aromatic heterocycles. The van der Waals surface area contributed by atoms with Crippen LogP contribution in [-0.2, 0) is 4.74 Å². The molecule has 4 nitrogen and oxygen atoms in total. The van der Waals surface area contributed by atoms with E-state index in [0.717, 1.165) is 16.7 Å². The first-order chi connectivity index (χ1) is 8.63. The number of hydrogen-bond acceptors (Lipinski definition) is 4. The summed E-state index contributed by atoms with van der Waals surface area (Å²) in [7, 11) is 3.92.